The quantitative estimate of drug-likeness (QED) is 0.280. The van der Waals surface area contributed by atoms with Crippen LogP contribution in [0.1, 0.15) is 44.7 Å². The molecule has 10 nitrogen and oxygen atoms in total. The molecule has 1 saturated heterocycles. The van der Waals surface area contributed by atoms with Gasteiger partial charge in [0.25, 0.3) is 0 Å². The Morgan fingerprint density at radius 1 is 1.12 bits per heavy atom. The molecule has 4 aromatic rings. The van der Waals surface area contributed by atoms with Crippen molar-refractivity contribution in [2.75, 3.05) is 23.8 Å². The van der Waals surface area contributed by atoms with Gasteiger partial charge in [-0.05, 0) is 82.5 Å². The Hall–Kier alpha value is -4.25. The summed E-state index contributed by atoms with van der Waals surface area (Å²) in [6.07, 6.45) is 2.61. The predicted molar refractivity (Wildman–Crippen MR) is 162 cm³/mol. The minimum atomic E-state index is -0.611. The highest BCUT2D eigenvalue weighted by atomic mass is 32.1. The third kappa shape index (κ3) is 6.91. The summed E-state index contributed by atoms with van der Waals surface area (Å²) in [5, 5.41) is 6.91. The van der Waals surface area contributed by atoms with E-state index in [0.717, 1.165) is 33.8 Å². The fourth-order valence-electron chi connectivity index (χ4n) is 4.60. The lowest BCUT2D eigenvalue weighted by Gasteiger charge is -2.28. The number of hydrogen-bond acceptors (Lipinski definition) is 9. The number of pyridine rings is 2. The van der Waals surface area contributed by atoms with Gasteiger partial charge in [0.2, 0.25) is 5.91 Å². The first kappa shape index (κ1) is 28.3. The molecule has 0 bridgehead atoms. The number of aromatic nitrogens is 3. The van der Waals surface area contributed by atoms with E-state index >= 15 is 0 Å². The van der Waals surface area contributed by atoms with Crippen LogP contribution < -0.4 is 15.5 Å². The van der Waals surface area contributed by atoms with Gasteiger partial charge in [0.15, 0.2) is 5.13 Å². The van der Waals surface area contributed by atoms with Crippen molar-refractivity contribution in [3.63, 3.8) is 0 Å². The Kier molecular flexibility index (Phi) is 8.07. The van der Waals surface area contributed by atoms with Crippen LogP contribution in [0, 0.1) is 6.92 Å². The van der Waals surface area contributed by atoms with E-state index in [0.29, 0.717) is 30.5 Å². The summed E-state index contributed by atoms with van der Waals surface area (Å²) in [7, 11) is 2.00. The van der Waals surface area contributed by atoms with Crippen LogP contribution >= 0.6 is 11.3 Å². The summed E-state index contributed by atoms with van der Waals surface area (Å²) < 4.78 is 5.48. The molecule has 1 atom stereocenters. The zero-order valence-electron chi connectivity index (χ0n) is 24.0. The minimum absolute atomic E-state index is 0.191. The molecule has 1 aliphatic rings. The summed E-state index contributed by atoms with van der Waals surface area (Å²) in [6.45, 7) is 8.34. The lowest BCUT2D eigenvalue weighted by atomic mass is 10.2. The van der Waals surface area contributed by atoms with E-state index in [9.17, 15) is 9.59 Å². The van der Waals surface area contributed by atoms with Crippen molar-refractivity contribution in [3.8, 4) is 0 Å². The number of rotatable bonds is 7. The van der Waals surface area contributed by atoms with Gasteiger partial charge < -0.3 is 20.3 Å². The van der Waals surface area contributed by atoms with E-state index in [2.05, 4.69) is 51.8 Å². The summed E-state index contributed by atoms with van der Waals surface area (Å²) in [6, 6.07) is 15.4. The van der Waals surface area contributed by atoms with Crippen molar-refractivity contribution in [3.05, 3.63) is 65.9 Å². The molecule has 41 heavy (non-hydrogen) atoms. The second kappa shape index (κ2) is 11.7. The Bertz CT molecular complexity index is 1550. The number of likely N-dealkylation sites (tertiary alicyclic amines) is 1. The van der Waals surface area contributed by atoms with Crippen LogP contribution in [-0.4, -0.2) is 57.1 Å². The van der Waals surface area contributed by atoms with E-state index < -0.39 is 17.7 Å². The minimum Gasteiger partial charge on any atom is -0.444 e. The number of anilines is 4. The van der Waals surface area contributed by atoms with E-state index in [-0.39, 0.29) is 5.91 Å². The number of amides is 2. The topological polar surface area (TPSA) is 113 Å². The molecular weight excluding hydrogens is 538 g/mol. The number of thiazole rings is 1. The Morgan fingerprint density at radius 2 is 1.90 bits per heavy atom. The highest BCUT2D eigenvalue weighted by Gasteiger charge is 2.36. The van der Waals surface area contributed by atoms with Crippen molar-refractivity contribution in [2.24, 2.45) is 0 Å². The molecular formula is C30H35N7O3S. The van der Waals surface area contributed by atoms with Gasteiger partial charge in [-0.2, -0.15) is 0 Å². The molecule has 1 aromatic carbocycles. The van der Waals surface area contributed by atoms with E-state index in [4.69, 9.17) is 9.72 Å². The first-order valence-corrected chi connectivity index (χ1v) is 14.4. The molecule has 214 valence electrons. The van der Waals surface area contributed by atoms with Gasteiger partial charge >= 0.3 is 6.09 Å². The van der Waals surface area contributed by atoms with Crippen molar-refractivity contribution >= 4 is 56.1 Å². The number of carbonyl (C=O) groups excluding carboxylic acids is 2. The highest BCUT2D eigenvalue weighted by Crippen LogP contribution is 2.30. The first-order valence-electron chi connectivity index (χ1n) is 13.6. The van der Waals surface area contributed by atoms with Crippen molar-refractivity contribution in [1.29, 1.82) is 0 Å². The number of fused-ring (bicyclic) bond motifs is 1. The molecule has 1 aliphatic heterocycles. The Balaban J connectivity index is 1.21. The molecule has 11 heteroatoms. The smallest absolute Gasteiger partial charge is 0.410 e. The maximum absolute atomic E-state index is 12.9. The fourth-order valence-corrected chi connectivity index (χ4v) is 5.44. The molecule has 4 heterocycles. The molecule has 0 spiro atoms. The predicted octanol–water partition coefficient (Wildman–Crippen LogP) is 5.92. The SMILES string of the molecule is Cc1ccc(N(C)c2ccc3nc(Nc4cc(CNC(=O)C5CCCN5C(=O)OC(C)(C)C)ccn4)sc3n2)cc1. The highest BCUT2D eigenvalue weighted by molar-refractivity contribution is 7.21. The van der Waals surface area contributed by atoms with Crippen molar-refractivity contribution in [1.82, 2.24) is 25.2 Å². The molecule has 0 saturated carbocycles. The lowest BCUT2D eigenvalue weighted by molar-refractivity contribution is -0.125. The van der Waals surface area contributed by atoms with Gasteiger partial charge in [0.05, 0.1) is 0 Å². The number of nitrogens with zero attached hydrogens (tertiary/aromatic N) is 5. The summed E-state index contributed by atoms with van der Waals surface area (Å²) >= 11 is 1.45. The van der Waals surface area contributed by atoms with Crippen molar-refractivity contribution < 1.29 is 14.3 Å². The van der Waals surface area contributed by atoms with Crippen LogP contribution in [0.3, 0.4) is 0 Å². The van der Waals surface area contributed by atoms with Gasteiger partial charge in [-0.1, -0.05) is 29.0 Å². The Labute approximate surface area is 243 Å². The van der Waals surface area contributed by atoms with Gasteiger partial charge in [-0.15, -0.1) is 0 Å². The van der Waals surface area contributed by atoms with E-state index in [1.54, 1.807) is 6.20 Å². The number of hydrogen-bond donors (Lipinski definition) is 2. The van der Waals surface area contributed by atoms with Crippen LogP contribution in [0.2, 0.25) is 0 Å². The third-order valence-electron chi connectivity index (χ3n) is 6.72. The first-order chi connectivity index (χ1) is 19.6. The van der Waals surface area contributed by atoms with Crippen molar-refractivity contribution in [2.45, 2.75) is 58.7 Å². The number of nitrogens with one attached hydrogen (secondary N) is 2. The maximum atomic E-state index is 12.9. The normalized spacial score (nSPS) is 15.1. The number of benzene rings is 1. The summed E-state index contributed by atoms with van der Waals surface area (Å²) in [4.78, 5) is 43.8. The summed E-state index contributed by atoms with van der Waals surface area (Å²) in [5.41, 5.74) is 3.33. The monoisotopic (exact) mass is 573 g/mol. The molecule has 3 aromatic heterocycles. The van der Waals surface area contributed by atoms with Crippen LogP contribution in [-0.2, 0) is 16.1 Å². The molecule has 2 N–H and O–H groups in total. The largest absolute Gasteiger partial charge is 0.444 e. The zero-order chi connectivity index (χ0) is 29.1. The van der Waals surface area contributed by atoms with Crippen LogP contribution in [0.25, 0.3) is 10.3 Å². The van der Waals surface area contributed by atoms with Gasteiger partial charge in [-0.3, -0.25) is 9.69 Å². The fraction of sp³-hybridized carbons (Fsp3) is 0.367. The maximum Gasteiger partial charge on any atom is 0.410 e. The second-order valence-electron chi connectivity index (χ2n) is 11.1. The van der Waals surface area contributed by atoms with Crippen LogP contribution in [0.15, 0.2) is 54.7 Å². The van der Waals surface area contributed by atoms with Gasteiger partial charge in [0, 0.05) is 32.0 Å². The molecule has 1 unspecified atom stereocenters. The molecule has 5 rings (SSSR count). The number of aryl methyl sites for hydroxylation is 1. The molecule has 0 aliphatic carbocycles. The lowest BCUT2D eigenvalue weighted by Crippen LogP contribution is -2.47. The van der Waals surface area contributed by atoms with Gasteiger partial charge in [-0.25, -0.2) is 19.7 Å². The summed E-state index contributed by atoms with van der Waals surface area (Å²) in [5.74, 6) is 1.26. The average Bonchev–Trinajstić information content (AvgIpc) is 3.58. The standard InChI is InChI=1S/C30H35N7O3S/c1-19-8-10-21(11-9-19)36(5)25-13-12-22-27(35-25)41-28(33-22)34-24-17-20(14-15-31-24)18-32-26(38)23-7-6-16-37(23)29(39)40-30(2,3)4/h8-15,17,23H,6-7,16,18H2,1-5H3,(H,32,38)(H,31,33,34). The van der Waals surface area contributed by atoms with E-state index in [1.165, 1.54) is 21.8 Å². The van der Waals surface area contributed by atoms with E-state index in [1.807, 2.05) is 57.0 Å². The third-order valence-corrected chi connectivity index (χ3v) is 7.60. The second-order valence-corrected chi connectivity index (χ2v) is 12.1. The number of ether oxygens (including phenoxy) is 1. The van der Waals surface area contributed by atoms with Crippen LogP contribution in [0.4, 0.5) is 27.2 Å². The molecule has 2 amide bonds. The number of carbonyl (C=O) groups is 2. The Morgan fingerprint density at radius 3 is 2.66 bits per heavy atom. The van der Waals surface area contributed by atoms with Crippen LogP contribution in [0.5, 0.6) is 0 Å². The molecule has 0 radical (unpaired) electrons. The van der Waals surface area contributed by atoms with Gasteiger partial charge in [0.1, 0.15) is 33.6 Å². The average molecular weight is 574 g/mol. The molecule has 1 fully saturated rings. The zero-order valence-corrected chi connectivity index (χ0v) is 24.8.